The monoisotopic (exact) mass is 319 g/mol. The van der Waals surface area contributed by atoms with Crippen LogP contribution in [0.5, 0.6) is 5.75 Å². The van der Waals surface area contributed by atoms with Gasteiger partial charge in [-0.25, -0.2) is 4.79 Å². The molecule has 1 aliphatic rings. The van der Waals surface area contributed by atoms with Crippen molar-refractivity contribution in [2.45, 2.75) is 46.6 Å². The number of hydrogen-bond donors (Lipinski definition) is 0. The second-order valence-corrected chi connectivity index (χ2v) is 5.51. The molecule has 1 unspecified atom stereocenters. The van der Waals surface area contributed by atoms with E-state index in [-0.39, 0.29) is 16.6 Å². The Hall–Kier alpha value is -2.37. The zero-order chi connectivity index (χ0) is 17.1. The third kappa shape index (κ3) is 3.36. The summed E-state index contributed by atoms with van der Waals surface area (Å²) in [5.41, 5.74) is 3.66. The van der Waals surface area contributed by atoms with Gasteiger partial charge in [-0.05, 0) is 49.1 Å². The first-order valence-electron chi connectivity index (χ1n) is 7.70. The van der Waals surface area contributed by atoms with Crippen LogP contribution in [0.4, 0.5) is 0 Å². The van der Waals surface area contributed by atoms with E-state index in [9.17, 15) is 14.9 Å². The molecule has 0 aromatic heterocycles. The Kier molecular flexibility index (Phi) is 5.03. The summed E-state index contributed by atoms with van der Waals surface area (Å²) in [5, 5.41) is 11.0. The molecule has 0 N–H and O–H groups in total. The van der Waals surface area contributed by atoms with Crippen molar-refractivity contribution in [3.05, 3.63) is 44.1 Å². The molecule has 0 radical (unpaired) electrons. The molecule has 0 fully saturated rings. The fourth-order valence-electron chi connectivity index (χ4n) is 2.67. The van der Waals surface area contributed by atoms with E-state index in [4.69, 9.17) is 9.47 Å². The van der Waals surface area contributed by atoms with Gasteiger partial charge in [0.25, 0.3) is 0 Å². The largest absolute Gasteiger partial charge is 0.478 e. The van der Waals surface area contributed by atoms with E-state index in [1.165, 1.54) is 0 Å². The molecule has 6 heteroatoms. The molecule has 1 aromatic carbocycles. The van der Waals surface area contributed by atoms with E-state index >= 15 is 0 Å². The lowest BCUT2D eigenvalue weighted by Crippen LogP contribution is -2.27. The number of carbonyl (C=O) groups is 1. The number of benzene rings is 1. The Labute approximate surface area is 135 Å². The molecule has 0 amide bonds. The Balaban J connectivity index is 2.39. The van der Waals surface area contributed by atoms with Crippen molar-refractivity contribution in [3.63, 3.8) is 0 Å². The van der Waals surface area contributed by atoms with Crippen molar-refractivity contribution < 1.29 is 19.2 Å². The topological polar surface area (TPSA) is 78.7 Å². The molecule has 124 valence electrons. The quantitative estimate of drug-likeness (QED) is 0.473. The Morgan fingerprint density at radius 2 is 2.13 bits per heavy atom. The van der Waals surface area contributed by atoms with E-state index in [0.29, 0.717) is 25.2 Å². The van der Waals surface area contributed by atoms with Crippen LogP contribution in [0.2, 0.25) is 0 Å². The van der Waals surface area contributed by atoms with Gasteiger partial charge in [-0.1, -0.05) is 6.92 Å². The minimum absolute atomic E-state index is 0.160. The van der Waals surface area contributed by atoms with Gasteiger partial charge in [0, 0.05) is 18.9 Å². The summed E-state index contributed by atoms with van der Waals surface area (Å²) in [6, 6.07) is 1.87. The lowest BCUT2D eigenvalue weighted by Gasteiger charge is -2.12. The Morgan fingerprint density at radius 3 is 2.70 bits per heavy atom. The fourth-order valence-corrected chi connectivity index (χ4v) is 2.67. The van der Waals surface area contributed by atoms with Gasteiger partial charge in [0.15, 0.2) is 6.10 Å². The molecule has 1 aromatic rings. The zero-order valence-corrected chi connectivity index (χ0v) is 13.8. The fraction of sp³-hybridized carbons (Fsp3) is 0.471. The predicted molar refractivity (Wildman–Crippen MR) is 85.9 cm³/mol. The third-order valence-corrected chi connectivity index (χ3v) is 4.09. The molecule has 1 atom stereocenters. The van der Waals surface area contributed by atoms with Gasteiger partial charge in [-0.15, -0.1) is 0 Å². The highest BCUT2D eigenvalue weighted by atomic mass is 16.6. The third-order valence-electron chi connectivity index (χ3n) is 4.09. The number of allylic oxidation sites excluding steroid dienone is 1. The molecule has 0 saturated carbocycles. The number of nitrogens with zero attached hydrogens (tertiary/aromatic N) is 1. The van der Waals surface area contributed by atoms with E-state index in [1.54, 1.807) is 19.9 Å². The van der Waals surface area contributed by atoms with Crippen LogP contribution in [0, 0.1) is 24.0 Å². The molecular weight excluding hydrogens is 298 g/mol. The maximum absolute atomic E-state index is 11.9. The number of rotatable bonds is 5. The second-order valence-electron chi connectivity index (χ2n) is 5.51. The molecule has 0 aliphatic carbocycles. The summed E-state index contributed by atoms with van der Waals surface area (Å²) >= 11 is 0. The van der Waals surface area contributed by atoms with Gasteiger partial charge in [0.2, 0.25) is 5.70 Å². The molecule has 2 rings (SSSR count). The van der Waals surface area contributed by atoms with E-state index in [0.717, 1.165) is 22.3 Å². The van der Waals surface area contributed by atoms with Gasteiger partial charge in [0.05, 0.1) is 11.5 Å². The molecule has 6 nitrogen and oxygen atoms in total. The maximum atomic E-state index is 11.9. The van der Waals surface area contributed by atoms with Gasteiger partial charge >= 0.3 is 5.97 Å². The van der Waals surface area contributed by atoms with E-state index in [2.05, 4.69) is 0 Å². The van der Waals surface area contributed by atoms with Crippen molar-refractivity contribution >= 4 is 12.0 Å². The lowest BCUT2D eigenvalue weighted by molar-refractivity contribution is -0.425. The van der Waals surface area contributed by atoms with Crippen LogP contribution in [0.1, 0.15) is 42.5 Å². The van der Waals surface area contributed by atoms with Crippen molar-refractivity contribution in [3.8, 4) is 5.75 Å². The van der Waals surface area contributed by atoms with Crippen LogP contribution in [0.3, 0.4) is 0 Å². The van der Waals surface area contributed by atoms with Gasteiger partial charge < -0.3 is 9.47 Å². The minimum Gasteiger partial charge on any atom is -0.478 e. The van der Waals surface area contributed by atoms with Crippen LogP contribution in [-0.2, 0) is 16.0 Å². The highest BCUT2D eigenvalue weighted by molar-refractivity contribution is 5.77. The number of hydrogen-bond acceptors (Lipinski definition) is 5. The number of esters is 1. The standard InChI is InChI=1S/C17H21NO5/c1-5-14(18(20)21)8-12-7-13-9-15(17(19)22-6-2)23-16(13)11(4)10(12)3/h7-8,15H,5-6,9H2,1-4H3. The summed E-state index contributed by atoms with van der Waals surface area (Å²) in [6.45, 7) is 7.61. The predicted octanol–water partition coefficient (Wildman–Crippen LogP) is 3.20. The van der Waals surface area contributed by atoms with Crippen LogP contribution >= 0.6 is 0 Å². The summed E-state index contributed by atoms with van der Waals surface area (Å²) in [7, 11) is 0. The van der Waals surface area contributed by atoms with E-state index < -0.39 is 6.10 Å². The van der Waals surface area contributed by atoms with Gasteiger partial charge in [0.1, 0.15) is 5.75 Å². The highest BCUT2D eigenvalue weighted by Gasteiger charge is 2.32. The molecule has 0 bridgehead atoms. The normalized spacial score (nSPS) is 16.7. The molecule has 23 heavy (non-hydrogen) atoms. The maximum Gasteiger partial charge on any atom is 0.347 e. The highest BCUT2D eigenvalue weighted by Crippen LogP contribution is 2.37. The number of carbonyl (C=O) groups excluding carboxylic acids is 1. The summed E-state index contributed by atoms with van der Waals surface area (Å²) in [5.74, 6) is 0.314. The van der Waals surface area contributed by atoms with Crippen molar-refractivity contribution in [1.82, 2.24) is 0 Å². The van der Waals surface area contributed by atoms with Gasteiger partial charge in [-0.2, -0.15) is 0 Å². The first-order chi connectivity index (χ1) is 10.9. The number of ether oxygens (including phenoxy) is 2. The van der Waals surface area contributed by atoms with Crippen LogP contribution < -0.4 is 4.74 Å². The molecular formula is C17H21NO5. The van der Waals surface area contributed by atoms with E-state index in [1.807, 2.05) is 19.9 Å². The average molecular weight is 319 g/mol. The second kappa shape index (κ2) is 6.81. The SMILES string of the molecule is CCOC(=O)C1Cc2cc(C=C(CC)[N+](=O)[O-])c(C)c(C)c2O1. The molecule has 0 saturated heterocycles. The lowest BCUT2D eigenvalue weighted by atomic mass is 9.96. The smallest absolute Gasteiger partial charge is 0.347 e. The van der Waals surface area contributed by atoms with Crippen LogP contribution in [0.15, 0.2) is 11.8 Å². The average Bonchev–Trinajstić information content (AvgIpc) is 2.93. The summed E-state index contributed by atoms with van der Waals surface area (Å²) < 4.78 is 10.7. The van der Waals surface area contributed by atoms with Crippen LogP contribution in [-0.4, -0.2) is 23.6 Å². The number of nitro groups is 1. The summed E-state index contributed by atoms with van der Waals surface area (Å²) in [4.78, 5) is 22.5. The zero-order valence-electron chi connectivity index (χ0n) is 13.8. The molecule has 0 spiro atoms. The van der Waals surface area contributed by atoms with Crippen molar-refractivity contribution in [2.24, 2.45) is 0 Å². The minimum atomic E-state index is -0.636. The Bertz CT molecular complexity index is 678. The van der Waals surface area contributed by atoms with Crippen molar-refractivity contribution in [1.29, 1.82) is 0 Å². The van der Waals surface area contributed by atoms with Gasteiger partial charge in [-0.3, -0.25) is 10.1 Å². The first kappa shape index (κ1) is 17.0. The summed E-state index contributed by atoms with van der Waals surface area (Å²) in [6.07, 6.45) is 1.74. The Morgan fingerprint density at radius 1 is 1.43 bits per heavy atom. The number of fused-ring (bicyclic) bond motifs is 1. The molecule has 1 aliphatic heterocycles. The molecule has 1 heterocycles. The van der Waals surface area contributed by atoms with Crippen LogP contribution in [0.25, 0.3) is 6.08 Å². The van der Waals surface area contributed by atoms with Crippen molar-refractivity contribution in [2.75, 3.05) is 6.61 Å². The first-order valence-corrected chi connectivity index (χ1v) is 7.70.